The third-order valence-corrected chi connectivity index (χ3v) is 4.23. The molecule has 3 N–H and O–H groups in total. The average Bonchev–Trinajstić information content (AvgIpc) is 3.18. The van der Waals surface area contributed by atoms with Gasteiger partial charge in [-0.3, -0.25) is 9.79 Å². The third-order valence-electron chi connectivity index (χ3n) is 4.23. The molecule has 0 radical (unpaired) electrons. The number of hydrogen-bond acceptors (Lipinski definition) is 6. The summed E-state index contributed by atoms with van der Waals surface area (Å²) in [6, 6.07) is 7.72. The highest BCUT2D eigenvalue weighted by atomic mass is 127. The zero-order chi connectivity index (χ0) is 17.3. The highest BCUT2D eigenvalue weighted by Crippen LogP contribution is 2.17. The molecular weight excluding hydrogens is 447 g/mol. The molecule has 2 heterocycles. The molecule has 1 amide bonds. The minimum absolute atomic E-state index is 0. The van der Waals surface area contributed by atoms with Crippen LogP contribution < -0.4 is 20.7 Å². The van der Waals surface area contributed by atoms with Gasteiger partial charge in [-0.05, 0) is 25.3 Å². The van der Waals surface area contributed by atoms with E-state index < -0.39 is 0 Å². The standard InChI is InChI=1S/C18H26N4O3.HI/c23-17(21-12-15-6-3-10-24-15)13-25-16-7-2-1-5-14(16)11-22-18-19-8-4-9-20-18;/h1-2,5,7,15H,3-4,6,8-13H2,(H,21,23)(H2,19,20,22);1H. The number of nitrogens with zero attached hydrogens (tertiary/aromatic N) is 1. The molecule has 3 rings (SSSR count). The van der Waals surface area contributed by atoms with Crippen molar-refractivity contribution in [2.45, 2.75) is 31.9 Å². The molecule has 26 heavy (non-hydrogen) atoms. The Hall–Kier alpha value is -1.55. The predicted octanol–water partition coefficient (Wildman–Crippen LogP) is 1.42. The number of ether oxygens (including phenoxy) is 2. The van der Waals surface area contributed by atoms with Crippen LogP contribution in [0.25, 0.3) is 0 Å². The Bertz CT molecular complexity index is 606. The Morgan fingerprint density at radius 2 is 2.23 bits per heavy atom. The maximum Gasteiger partial charge on any atom is 0.258 e. The highest BCUT2D eigenvalue weighted by molar-refractivity contribution is 14.0. The largest absolute Gasteiger partial charge is 0.483 e. The molecule has 1 fully saturated rings. The van der Waals surface area contributed by atoms with E-state index in [0.717, 1.165) is 50.5 Å². The third kappa shape index (κ3) is 6.64. The lowest BCUT2D eigenvalue weighted by Crippen LogP contribution is -2.40. The van der Waals surface area contributed by atoms with Gasteiger partial charge in [0, 0.05) is 38.3 Å². The Kier molecular flexibility index (Phi) is 8.96. The van der Waals surface area contributed by atoms with Crippen LogP contribution >= 0.6 is 24.0 Å². The first-order valence-corrected chi connectivity index (χ1v) is 8.92. The van der Waals surface area contributed by atoms with E-state index in [1.165, 1.54) is 0 Å². The molecule has 0 saturated carbocycles. The van der Waals surface area contributed by atoms with E-state index in [9.17, 15) is 4.79 Å². The van der Waals surface area contributed by atoms with Gasteiger partial charge in [0.05, 0.1) is 6.10 Å². The monoisotopic (exact) mass is 474 g/mol. The van der Waals surface area contributed by atoms with Crippen LogP contribution in [0.1, 0.15) is 24.8 Å². The fraction of sp³-hybridized carbons (Fsp3) is 0.556. The molecule has 1 unspecified atom stereocenters. The molecule has 2 aliphatic rings. The predicted molar refractivity (Wildman–Crippen MR) is 111 cm³/mol. The lowest BCUT2D eigenvalue weighted by molar-refractivity contribution is -0.123. The molecule has 144 valence electrons. The fourth-order valence-corrected chi connectivity index (χ4v) is 2.85. The van der Waals surface area contributed by atoms with Crippen molar-refractivity contribution in [3.05, 3.63) is 29.8 Å². The number of benzene rings is 1. The van der Waals surface area contributed by atoms with Crippen LogP contribution in [0.4, 0.5) is 0 Å². The summed E-state index contributed by atoms with van der Waals surface area (Å²) in [5.74, 6) is 1.39. The van der Waals surface area contributed by atoms with Crippen molar-refractivity contribution in [1.29, 1.82) is 0 Å². The van der Waals surface area contributed by atoms with E-state index in [1.807, 2.05) is 24.3 Å². The molecule has 1 atom stereocenters. The molecule has 2 aliphatic heterocycles. The van der Waals surface area contributed by atoms with Crippen LogP contribution in [-0.2, 0) is 16.1 Å². The number of carbonyl (C=O) groups is 1. The van der Waals surface area contributed by atoms with Crippen LogP contribution in [-0.4, -0.2) is 50.8 Å². The van der Waals surface area contributed by atoms with Gasteiger partial charge in [-0.1, -0.05) is 18.2 Å². The Morgan fingerprint density at radius 3 is 3.00 bits per heavy atom. The highest BCUT2D eigenvalue weighted by Gasteiger charge is 2.16. The first kappa shape index (κ1) is 20.8. The number of aliphatic imine (C=N–C) groups is 1. The summed E-state index contributed by atoms with van der Waals surface area (Å²) in [6.07, 6.45) is 3.28. The number of halogens is 1. The Morgan fingerprint density at radius 1 is 1.35 bits per heavy atom. The van der Waals surface area contributed by atoms with E-state index in [2.05, 4.69) is 20.9 Å². The first-order valence-electron chi connectivity index (χ1n) is 8.92. The number of para-hydroxylation sites is 1. The zero-order valence-electron chi connectivity index (χ0n) is 14.8. The summed E-state index contributed by atoms with van der Waals surface area (Å²) < 4.78 is 11.2. The van der Waals surface area contributed by atoms with Crippen LogP contribution in [0.5, 0.6) is 5.75 Å². The summed E-state index contributed by atoms with van der Waals surface area (Å²) in [4.78, 5) is 16.3. The topological polar surface area (TPSA) is 84.0 Å². The van der Waals surface area contributed by atoms with Crippen LogP contribution in [0.2, 0.25) is 0 Å². The SMILES string of the molecule is I.O=C(COc1ccccc1CNC1=NCCCN1)NCC1CCCO1. The van der Waals surface area contributed by atoms with Gasteiger partial charge in [0.2, 0.25) is 0 Å². The maximum absolute atomic E-state index is 12.0. The molecule has 8 heteroatoms. The normalized spacial score (nSPS) is 18.9. The Balaban J connectivity index is 0.00000243. The average molecular weight is 474 g/mol. The number of carbonyl (C=O) groups excluding carboxylic acids is 1. The molecule has 0 spiro atoms. The number of rotatable bonds is 7. The number of hydrogen-bond donors (Lipinski definition) is 3. The van der Waals surface area contributed by atoms with Gasteiger partial charge >= 0.3 is 0 Å². The molecule has 0 aromatic heterocycles. The van der Waals surface area contributed by atoms with Crippen LogP contribution in [0.15, 0.2) is 29.3 Å². The second-order valence-electron chi connectivity index (χ2n) is 6.20. The lowest BCUT2D eigenvalue weighted by Gasteiger charge is -2.17. The fourth-order valence-electron chi connectivity index (χ4n) is 2.85. The number of guanidine groups is 1. The van der Waals surface area contributed by atoms with Gasteiger partial charge in [0.15, 0.2) is 12.6 Å². The van der Waals surface area contributed by atoms with Crippen molar-refractivity contribution >= 4 is 35.8 Å². The van der Waals surface area contributed by atoms with E-state index in [-0.39, 0.29) is 42.6 Å². The van der Waals surface area contributed by atoms with Gasteiger partial charge in [-0.25, -0.2) is 0 Å². The minimum Gasteiger partial charge on any atom is -0.483 e. The van der Waals surface area contributed by atoms with Crippen LogP contribution in [0, 0.1) is 0 Å². The molecule has 0 bridgehead atoms. The van der Waals surface area contributed by atoms with Crippen molar-refractivity contribution in [3.63, 3.8) is 0 Å². The second kappa shape index (κ2) is 11.2. The van der Waals surface area contributed by atoms with E-state index >= 15 is 0 Å². The van der Waals surface area contributed by atoms with Gasteiger partial charge < -0.3 is 25.4 Å². The molecule has 1 saturated heterocycles. The summed E-state index contributed by atoms with van der Waals surface area (Å²) in [7, 11) is 0. The van der Waals surface area contributed by atoms with Crippen molar-refractivity contribution in [3.8, 4) is 5.75 Å². The summed E-state index contributed by atoms with van der Waals surface area (Å²) in [5, 5.41) is 9.36. The minimum atomic E-state index is -0.128. The Labute approximate surface area is 171 Å². The summed E-state index contributed by atoms with van der Waals surface area (Å²) in [5.41, 5.74) is 0.990. The van der Waals surface area contributed by atoms with Crippen LogP contribution in [0.3, 0.4) is 0 Å². The summed E-state index contributed by atoms with van der Waals surface area (Å²) in [6.45, 7) is 3.73. The second-order valence-corrected chi connectivity index (χ2v) is 6.20. The van der Waals surface area contributed by atoms with Crippen molar-refractivity contribution < 1.29 is 14.3 Å². The maximum atomic E-state index is 12.0. The first-order chi connectivity index (χ1) is 12.3. The molecule has 7 nitrogen and oxygen atoms in total. The van der Waals surface area contributed by atoms with Crippen molar-refractivity contribution in [1.82, 2.24) is 16.0 Å². The van der Waals surface area contributed by atoms with E-state index in [1.54, 1.807) is 0 Å². The van der Waals surface area contributed by atoms with Gasteiger partial charge in [-0.15, -0.1) is 24.0 Å². The van der Waals surface area contributed by atoms with E-state index in [0.29, 0.717) is 18.8 Å². The quantitative estimate of drug-likeness (QED) is 0.521. The zero-order valence-corrected chi connectivity index (χ0v) is 17.2. The number of amides is 1. The molecule has 1 aromatic rings. The smallest absolute Gasteiger partial charge is 0.258 e. The molecule has 1 aromatic carbocycles. The van der Waals surface area contributed by atoms with Crippen molar-refractivity contribution in [2.75, 3.05) is 32.8 Å². The van der Waals surface area contributed by atoms with Gasteiger partial charge in [0.25, 0.3) is 5.91 Å². The van der Waals surface area contributed by atoms with Gasteiger partial charge in [0.1, 0.15) is 5.75 Å². The van der Waals surface area contributed by atoms with Crippen molar-refractivity contribution in [2.24, 2.45) is 4.99 Å². The van der Waals surface area contributed by atoms with Gasteiger partial charge in [-0.2, -0.15) is 0 Å². The lowest BCUT2D eigenvalue weighted by atomic mass is 10.2. The molecule has 0 aliphatic carbocycles. The number of nitrogens with one attached hydrogen (secondary N) is 3. The summed E-state index contributed by atoms with van der Waals surface area (Å²) >= 11 is 0. The van der Waals surface area contributed by atoms with E-state index in [4.69, 9.17) is 9.47 Å². The molecular formula is C18H27IN4O3.